The van der Waals surface area contributed by atoms with Gasteiger partial charge >= 0.3 is 0 Å². The summed E-state index contributed by atoms with van der Waals surface area (Å²) in [5, 5.41) is 0. The lowest BCUT2D eigenvalue weighted by atomic mass is 10.0. The fourth-order valence-corrected chi connectivity index (χ4v) is 1.69. The van der Waals surface area contributed by atoms with Crippen LogP contribution in [-0.4, -0.2) is 0 Å². The zero-order valence-electron chi connectivity index (χ0n) is 11.5. The maximum absolute atomic E-state index is 3.97. The quantitative estimate of drug-likeness (QED) is 0.548. The molecule has 0 saturated heterocycles. The van der Waals surface area contributed by atoms with Gasteiger partial charge in [0.1, 0.15) is 0 Å². The monoisotopic (exact) mass is 208 g/mol. The zero-order chi connectivity index (χ0) is 12.4. The van der Waals surface area contributed by atoms with Crippen molar-refractivity contribution in [2.75, 3.05) is 0 Å². The standard InChI is InChI=1S/C11H16.2C2H6/c1-8(2)10-6-5-7-11(10)9(3)4;2*1-2/h1,3,5-7H2,2,4H3;2*1-2H3. The second-order valence-electron chi connectivity index (χ2n) is 3.37. The summed E-state index contributed by atoms with van der Waals surface area (Å²) >= 11 is 0. The molecule has 0 fully saturated rings. The minimum atomic E-state index is 1.21. The molecule has 0 bridgehead atoms. The van der Waals surface area contributed by atoms with Gasteiger partial charge in [0.25, 0.3) is 0 Å². The Bertz CT molecular complexity index is 204. The lowest BCUT2D eigenvalue weighted by Gasteiger charge is -2.05. The first-order chi connectivity index (χ1) is 7.13. The minimum Gasteiger partial charge on any atom is -0.0958 e. The Morgan fingerprint density at radius 3 is 1.27 bits per heavy atom. The van der Waals surface area contributed by atoms with Crippen LogP contribution in [0.2, 0.25) is 0 Å². The molecule has 0 heterocycles. The van der Waals surface area contributed by atoms with Crippen molar-refractivity contribution in [2.45, 2.75) is 60.8 Å². The van der Waals surface area contributed by atoms with Gasteiger partial charge in [0.2, 0.25) is 0 Å². The number of rotatable bonds is 2. The van der Waals surface area contributed by atoms with E-state index in [0.717, 1.165) is 0 Å². The Morgan fingerprint density at radius 1 is 0.800 bits per heavy atom. The Labute approximate surface area is 96.8 Å². The summed E-state index contributed by atoms with van der Waals surface area (Å²) in [5.74, 6) is 0. The summed E-state index contributed by atoms with van der Waals surface area (Å²) in [4.78, 5) is 0. The van der Waals surface area contributed by atoms with E-state index >= 15 is 0 Å². The average molecular weight is 208 g/mol. The number of hydrogen-bond donors (Lipinski definition) is 0. The molecule has 88 valence electrons. The largest absolute Gasteiger partial charge is 0.0958 e. The molecule has 0 aromatic carbocycles. The van der Waals surface area contributed by atoms with Crippen LogP contribution >= 0.6 is 0 Å². The average Bonchev–Trinajstić information content (AvgIpc) is 2.72. The predicted molar refractivity (Wildman–Crippen MR) is 73.2 cm³/mol. The first-order valence-electron chi connectivity index (χ1n) is 6.16. The molecule has 0 radical (unpaired) electrons. The smallest absolute Gasteiger partial charge is 0.0270 e. The van der Waals surface area contributed by atoms with Gasteiger partial charge in [-0.2, -0.15) is 0 Å². The molecule has 1 aliphatic carbocycles. The fourth-order valence-electron chi connectivity index (χ4n) is 1.69. The van der Waals surface area contributed by atoms with Crippen molar-refractivity contribution in [3.63, 3.8) is 0 Å². The topological polar surface area (TPSA) is 0 Å². The highest BCUT2D eigenvalue weighted by molar-refractivity contribution is 5.43. The number of allylic oxidation sites excluding steroid dienone is 4. The summed E-state index contributed by atoms with van der Waals surface area (Å²) in [6, 6.07) is 0. The van der Waals surface area contributed by atoms with E-state index in [9.17, 15) is 0 Å². The van der Waals surface area contributed by atoms with Gasteiger partial charge in [-0.15, -0.1) is 0 Å². The Balaban J connectivity index is 0. The second kappa shape index (κ2) is 9.76. The SMILES string of the molecule is C=C(C)C1=C(C(=C)C)CCC1.CC.CC. The zero-order valence-corrected chi connectivity index (χ0v) is 11.5. The molecule has 0 nitrogen and oxygen atoms in total. The van der Waals surface area contributed by atoms with Gasteiger partial charge < -0.3 is 0 Å². The molecule has 0 amide bonds. The van der Waals surface area contributed by atoms with Crippen molar-refractivity contribution in [3.8, 4) is 0 Å². The minimum absolute atomic E-state index is 1.21. The van der Waals surface area contributed by atoms with Crippen molar-refractivity contribution >= 4 is 0 Å². The van der Waals surface area contributed by atoms with E-state index in [0.29, 0.717) is 0 Å². The Kier molecular flexibility index (Phi) is 10.8. The van der Waals surface area contributed by atoms with E-state index in [1.165, 1.54) is 41.6 Å². The van der Waals surface area contributed by atoms with Crippen LogP contribution in [0.15, 0.2) is 35.5 Å². The van der Waals surface area contributed by atoms with E-state index < -0.39 is 0 Å². The lowest BCUT2D eigenvalue weighted by molar-refractivity contribution is 0.897. The van der Waals surface area contributed by atoms with Crippen molar-refractivity contribution in [2.24, 2.45) is 0 Å². The van der Waals surface area contributed by atoms with Gasteiger partial charge in [0.15, 0.2) is 0 Å². The highest BCUT2D eigenvalue weighted by Crippen LogP contribution is 2.33. The van der Waals surface area contributed by atoms with Crippen molar-refractivity contribution in [1.29, 1.82) is 0 Å². The molecule has 0 atom stereocenters. The normalized spacial score (nSPS) is 13.5. The van der Waals surface area contributed by atoms with E-state index in [4.69, 9.17) is 0 Å². The molecular formula is C15H28. The molecule has 0 spiro atoms. The van der Waals surface area contributed by atoms with Crippen LogP contribution in [0.25, 0.3) is 0 Å². The maximum Gasteiger partial charge on any atom is -0.0270 e. The van der Waals surface area contributed by atoms with Gasteiger partial charge in [-0.05, 0) is 44.3 Å². The fraction of sp³-hybridized carbons (Fsp3) is 0.600. The third-order valence-corrected chi connectivity index (χ3v) is 2.25. The van der Waals surface area contributed by atoms with E-state index in [1.54, 1.807) is 0 Å². The molecule has 1 rings (SSSR count). The molecule has 0 aliphatic heterocycles. The van der Waals surface area contributed by atoms with Crippen molar-refractivity contribution < 1.29 is 0 Å². The second-order valence-corrected chi connectivity index (χ2v) is 3.37. The van der Waals surface area contributed by atoms with Crippen LogP contribution in [-0.2, 0) is 0 Å². The van der Waals surface area contributed by atoms with E-state index in [2.05, 4.69) is 27.0 Å². The van der Waals surface area contributed by atoms with Crippen LogP contribution in [0.5, 0.6) is 0 Å². The highest BCUT2D eigenvalue weighted by Gasteiger charge is 2.14. The van der Waals surface area contributed by atoms with Gasteiger partial charge in [-0.3, -0.25) is 0 Å². The van der Waals surface area contributed by atoms with Gasteiger partial charge in [-0.1, -0.05) is 52.0 Å². The third-order valence-electron chi connectivity index (χ3n) is 2.25. The Hall–Kier alpha value is -0.780. The van der Waals surface area contributed by atoms with Gasteiger partial charge in [0, 0.05) is 0 Å². The molecule has 1 aliphatic rings. The lowest BCUT2D eigenvalue weighted by Crippen LogP contribution is -1.85. The van der Waals surface area contributed by atoms with Crippen LogP contribution in [0.4, 0.5) is 0 Å². The summed E-state index contributed by atoms with van der Waals surface area (Å²) < 4.78 is 0. The van der Waals surface area contributed by atoms with E-state index in [1.807, 2.05) is 27.7 Å². The highest BCUT2D eigenvalue weighted by atomic mass is 14.2. The molecule has 0 N–H and O–H groups in total. The number of hydrogen-bond acceptors (Lipinski definition) is 0. The van der Waals surface area contributed by atoms with E-state index in [-0.39, 0.29) is 0 Å². The predicted octanol–water partition coefficient (Wildman–Crippen LogP) is 5.67. The molecule has 0 aromatic heterocycles. The van der Waals surface area contributed by atoms with Crippen LogP contribution in [0, 0.1) is 0 Å². The molecule has 0 heteroatoms. The van der Waals surface area contributed by atoms with Crippen molar-refractivity contribution in [3.05, 3.63) is 35.5 Å². The summed E-state index contributed by atoms with van der Waals surface area (Å²) in [6.45, 7) is 20.1. The van der Waals surface area contributed by atoms with Crippen molar-refractivity contribution in [1.82, 2.24) is 0 Å². The third kappa shape index (κ3) is 5.61. The first-order valence-corrected chi connectivity index (χ1v) is 6.16. The molecule has 0 unspecified atom stereocenters. The Morgan fingerprint density at radius 2 is 1.07 bits per heavy atom. The van der Waals surface area contributed by atoms with Gasteiger partial charge in [0.05, 0.1) is 0 Å². The summed E-state index contributed by atoms with van der Waals surface area (Å²) in [7, 11) is 0. The summed E-state index contributed by atoms with van der Waals surface area (Å²) in [5.41, 5.74) is 5.36. The summed E-state index contributed by atoms with van der Waals surface area (Å²) in [6.07, 6.45) is 3.69. The van der Waals surface area contributed by atoms with Crippen LogP contribution in [0.1, 0.15) is 60.8 Å². The molecule has 0 saturated carbocycles. The molecule has 0 aromatic rings. The maximum atomic E-state index is 3.97. The molecular weight excluding hydrogens is 180 g/mol. The van der Waals surface area contributed by atoms with Gasteiger partial charge in [-0.25, -0.2) is 0 Å². The van der Waals surface area contributed by atoms with Crippen LogP contribution in [0.3, 0.4) is 0 Å². The first kappa shape index (κ1) is 16.6. The molecule has 15 heavy (non-hydrogen) atoms. The van der Waals surface area contributed by atoms with Crippen LogP contribution < -0.4 is 0 Å².